The Bertz CT molecular complexity index is 445. The van der Waals surface area contributed by atoms with E-state index >= 15 is 0 Å². The van der Waals surface area contributed by atoms with Crippen LogP contribution in [0.15, 0.2) is 0 Å². The Morgan fingerprint density at radius 2 is 2.00 bits per heavy atom. The Balaban J connectivity index is 2.82. The molecule has 0 spiro atoms. The number of carbonyl (C=O) groups excluding carboxylic acids is 2. The Morgan fingerprint density at radius 3 is 2.53 bits per heavy atom. The summed E-state index contributed by atoms with van der Waals surface area (Å²) in [6.07, 6.45) is 3.64. The lowest BCUT2D eigenvalue weighted by Gasteiger charge is -2.36. The molecule has 1 amide bonds. The molecule has 1 saturated heterocycles. The zero-order chi connectivity index (χ0) is 14.6. The van der Waals surface area contributed by atoms with Crippen LogP contribution in [0.2, 0.25) is 0 Å². The van der Waals surface area contributed by atoms with E-state index in [0.29, 0.717) is 13.0 Å². The van der Waals surface area contributed by atoms with Crippen molar-refractivity contribution in [3.8, 4) is 0 Å². The highest BCUT2D eigenvalue weighted by molar-refractivity contribution is 7.92. The monoisotopic (exact) mass is 291 g/mol. The predicted molar refractivity (Wildman–Crippen MR) is 70.3 cm³/mol. The minimum atomic E-state index is -3.42. The number of carbonyl (C=O) groups is 2. The van der Waals surface area contributed by atoms with Gasteiger partial charge in [0.1, 0.15) is 5.25 Å². The van der Waals surface area contributed by atoms with Crippen LogP contribution in [0.4, 0.5) is 0 Å². The molecule has 19 heavy (non-hydrogen) atoms. The number of piperidine rings is 1. The third kappa shape index (κ3) is 4.19. The van der Waals surface area contributed by atoms with E-state index in [4.69, 9.17) is 0 Å². The normalized spacial score (nSPS) is 21.8. The van der Waals surface area contributed by atoms with Crippen LogP contribution in [0.5, 0.6) is 0 Å². The molecule has 6 nitrogen and oxygen atoms in total. The number of rotatable bonds is 4. The summed E-state index contributed by atoms with van der Waals surface area (Å²) in [7, 11) is -2.11. The van der Waals surface area contributed by atoms with Crippen molar-refractivity contribution in [2.24, 2.45) is 0 Å². The zero-order valence-electron chi connectivity index (χ0n) is 11.6. The summed E-state index contributed by atoms with van der Waals surface area (Å²) >= 11 is 0. The first-order valence-corrected chi connectivity index (χ1v) is 8.29. The van der Waals surface area contributed by atoms with E-state index in [-0.39, 0.29) is 18.4 Å². The molecule has 1 aliphatic rings. The summed E-state index contributed by atoms with van der Waals surface area (Å²) in [6.45, 7) is 1.89. The largest absolute Gasteiger partial charge is 0.469 e. The molecule has 0 aliphatic carbocycles. The zero-order valence-corrected chi connectivity index (χ0v) is 12.4. The number of amides is 1. The number of esters is 1. The van der Waals surface area contributed by atoms with Gasteiger partial charge in [0.15, 0.2) is 9.84 Å². The molecule has 0 bridgehead atoms. The fourth-order valence-corrected chi connectivity index (χ4v) is 2.70. The fraction of sp³-hybridized carbons (Fsp3) is 0.833. The molecule has 1 heterocycles. The number of likely N-dealkylation sites (tertiary alicyclic amines) is 1. The van der Waals surface area contributed by atoms with Crippen LogP contribution in [0.25, 0.3) is 0 Å². The maximum Gasteiger partial charge on any atom is 0.307 e. The molecular weight excluding hydrogens is 270 g/mol. The Hall–Kier alpha value is -1.11. The van der Waals surface area contributed by atoms with Crippen molar-refractivity contribution in [3.05, 3.63) is 0 Å². The average molecular weight is 291 g/mol. The van der Waals surface area contributed by atoms with Gasteiger partial charge in [0, 0.05) is 18.8 Å². The van der Waals surface area contributed by atoms with Crippen molar-refractivity contribution in [1.82, 2.24) is 4.90 Å². The maximum atomic E-state index is 12.2. The number of nitrogens with zero attached hydrogens (tertiary/aromatic N) is 1. The first-order valence-electron chi connectivity index (χ1n) is 6.33. The fourth-order valence-electron chi connectivity index (χ4n) is 2.20. The van der Waals surface area contributed by atoms with Crippen molar-refractivity contribution in [1.29, 1.82) is 0 Å². The van der Waals surface area contributed by atoms with Crippen LogP contribution in [-0.4, -0.2) is 56.4 Å². The molecule has 0 aromatic carbocycles. The molecule has 7 heteroatoms. The van der Waals surface area contributed by atoms with Crippen molar-refractivity contribution in [2.45, 2.75) is 43.9 Å². The van der Waals surface area contributed by atoms with Gasteiger partial charge in [-0.15, -0.1) is 0 Å². The lowest BCUT2D eigenvalue weighted by atomic mass is 9.99. The van der Waals surface area contributed by atoms with E-state index in [1.165, 1.54) is 18.9 Å². The van der Waals surface area contributed by atoms with E-state index in [1.807, 2.05) is 0 Å². The molecule has 1 rings (SSSR count). The van der Waals surface area contributed by atoms with Gasteiger partial charge >= 0.3 is 5.97 Å². The summed E-state index contributed by atoms with van der Waals surface area (Å²) < 4.78 is 27.5. The predicted octanol–water partition coefficient (Wildman–Crippen LogP) is 0.364. The molecule has 0 aromatic rings. The molecule has 110 valence electrons. The average Bonchev–Trinajstić information content (AvgIpc) is 2.36. The molecule has 0 saturated carbocycles. The Kier molecular flexibility index (Phi) is 5.34. The minimum Gasteiger partial charge on any atom is -0.469 e. The van der Waals surface area contributed by atoms with E-state index in [2.05, 4.69) is 4.74 Å². The van der Waals surface area contributed by atoms with E-state index in [1.54, 1.807) is 0 Å². The molecule has 0 N–H and O–H groups in total. The SMILES string of the molecule is COC(=O)CC1CCCCN1C(=O)C(C)S(C)(=O)=O. The van der Waals surface area contributed by atoms with E-state index in [9.17, 15) is 18.0 Å². The number of methoxy groups -OCH3 is 1. The quantitative estimate of drug-likeness (QED) is 0.699. The summed E-state index contributed by atoms with van der Waals surface area (Å²) in [4.78, 5) is 25.1. The second-order valence-corrected chi connectivity index (χ2v) is 7.30. The van der Waals surface area contributed by atoms with Gasteiger partial charge in [-0.1, -0.05) is 0 Å². The van der Waals surface area contributed by atoms with Gasteiger partial charge in [-0.05, 0) is 26.2 Å². The lowest BCUT2D eigenvalue weighted by molar-refractivity contribution is -0.144. The van der Waals surface area contributed by atoms with Gasteiger partial charge in [0.05, 0.1) is 13.5 Å². The van der Waals surface area contributed by atoms with Gasteiger partial charge < -0.3 is 9.64 Å². The van der Waals surface area contributed by atoms with Crippen LogP contribution in [0, 0.1) is 0 Å². The second kappa shape index (κ2) is 6.36. The van der Waals surface area contributed by atoms with Crippen LogP contribution in [0.1, 0.15) is 32.6 Å². The summed E-state index contributed by atoms with van der Waals surface area (Å²) in [5.74, 6) is -0.798. The maximum absolute atomic E-state index is 12.2. The molecule has 1 aliphatic heterocycles. The van der Waals surface area contributed by atoms with Crippen LogP contribution >= 0.6 is 0 Å². The van der Waals surface area contributed by atoms with E-state index in [0.717, 1.165) is 19.1 Å². The lowest BCUT2D eigenvalue weighted by Crippen LogP contribution is -2.49. The molecule has 2 unspecified atom stereocenters. The van der Waals surface area contributed by atoms with Gasteiger partial charge in [0.2, 0.25) is 5.91 Å². The van der Waals surface area contributed by atoms with Crippen molar-refractivity contribution >= 4 is 21.7 Å². The topological polar surface area (TPSA) is 80.8 Å². The van der Waals surface area contributed by atoms with Gasteiger partial charge in [-0.25, -0.2) is 8.42 Å². The van der Waals surface area contributed by atoms with Gasteiger partial charge in [-0.2, -0.15) is 0 Å². The second-order valence-electron chi connectivity index (χ2n) is 4.93. The number of sulfone groups is 1. The molecule has 1 fully saturated rings. The molecule has 0 aromatic heterocycles. The van der Waals surface area contributed by atoms with Crippen LogP contribution in [0.3, 0.4) is 0 Å². The highest BCUT2D eigenvalue weighted by Gasteiger charge is 2.34. The van der Waals surface area contributed by atoms with Crippen LogP contribution < -0.4 is 0 Å². The summed E-state index contributed by atoms with van der Waals surface area (Å²) in [5, 5.41) is -1.06. The third-order valence-electron chi connectivity index (χ3n) is 3.53. The van der Waals surface area contributed by atoms with Crippen molar-refractivity contribution in [3.63, 3.8) is 0 Å². The van der Waals surface area contributed by atoms with Gasteiger partial charge in [-0.3, -0.25) is 9.59 Å². The first kappa shape index (κ1) is 15.9. The summed E-state index contributed by atoms with van der Waals surface area (Å²) in [6, 6.07) is -0.252. The molecule has 2 atom stereocenters. The smallest absolute Gasteiger partial charge is 0.307 e. The van der Waals surface area contributed by atoms with E-state index < -0.39 is 21.0 Å². The first-order chi connectivity index (χ1) is 8.77. The Labute approximate surface area is 114 Å². The van der Waals surface area contributed by atoms with Gasteiger partial charge in [0.25, 0.3) is 0 Å². The number of ether oxygens (including phenoxy) is 1. The van der Waals surface area contributed by atoms with Crippen LogP contribution in [-0.2, 0) is 24.2 Å². The summed E-state index contributed by atoms with van der Waals surface area (Å²) in [5.41, 5.74) is 0. The van der Waals surface area contributed by atoms with Crippen molar-refractivity contribution < 1.29 is 22.7 Å². The number of hydrogen-bond acceptors (Lipinski definition) is 5. The highest BCUT2D eigenvalue weighted by Crippen LogP contribution is 2.22. The molecule has 0 radical (unpaired) electrons. The Morgan fingerprint density at radius 1 is 1.37 bits per heavy atom. The third-order valence-corrected chi connectivity index (χ3v) is 5.02. The highest BCUT2D eigenvalue weighted by atomic mass is 32.2. The van der Waals surface area contributed by atoms with Crippen molar-refractivity contribution in [2.75, 3.05) is 19.9 Å². The minimum absolute atomic E-state index is 0.124. The molecular formula is C12H21NO5S. The standard InChI is InChI=1S/C12H21NO5S/c1-9(19(3,16)17)12(15)13-7-5-4-6-10(13)8-11(14)18-2/h9-10H,4-8H2,1-3H3. The number of hydrogen-bond donors (Lipinski definition) is 0.